The smallest absolute Gasteiger partial charge is 0.416 e. The van der Waals surface area contributed by atoms with Gasteiger partial charge in [0.2, 0.25) is 5.91 Å². The molecule has 0 aliphatic carbocycles. The molecule has 3 N–H and O–H groups in total. The molecule has 116 valence electrons. The van der Waals surface area contributed by atoms with Crippen LogP contribution in [-0.2, 0) is 15.8 Å². The van der Waals surface area contributed by atoms with Crippen LogP contribution in [0.2, 0.25) is 0 Å². The molecular weight excluding hydrogens is 289 g/mol. The number of rotatable bonds is 5. The third-order valence-corrected chi connectivity index (χ3v) is 2.60. The van der Waals surface area contributed by atoms with Crippen LogP contribution in [0.25, 0.3) is 0 Å². The highest BCUT2D eigenvalue weighted by molar-refractivity contribution is 5.90. The third-order valence-electron chi connectivity index (χ3n) is 2.60. The number of nitrogens with one attached hydrogen (secondary N) is 1. The monoisotopic (exact) mass is 304 g/mol. The Morgan fingerprint density at radius 2 is 1.90 bits per heavy atom. The number of ether oxygens (including phenoxy) is 1. The topological polar surface area (TPSA) is 81.4 Å². The Labute approximate surface area is 119 Å². The maximum atomic E-state index is 12.5. The van der Waals surface area contributed by atoms with Crippen LogP contribution >= 0.6 is 0 Å². The molecule has 0 aliphatic heterocycles. The van der Waals surface area contributed by atoms with Gasteiger partial charge in [0, 0.05) is 0 Å². The molecule has 0 saturated heterocycles. The molecule has 0 saturated carbocycles. The molecule has 0 atom stereocenters. The van der Waals surface area contributed by atoms with Crippen molar-refractivity contribution in [2.75, 3.05) is 6.61 Å². The second-order valence-electron chi connectivity index (χ2n) is 4.85. The first-order chi connectivity index (χ1) is 9.52. The highest BCUT2D eigenvalue weighted by Gasteiger charge is 2.31. The Morgan fingerprint density at radius 3 is 2.43 bits per heavy atom. The normalized spacial score (nSPS) is 11.9. The lowest BCUT2D eigenvalue weighted by Gasteiger charge is -2.22. The van der Waals surface area contributed by atoms with E-state index in [1.165, 1.54) is 26.0 Å². The Morgan fingerprint density at radius 1 is 1.29 bits per heavy atom. The maximum Gasteiger partial charge on any atom is 0.416 e. The van der Waals surface area contributed by atoms with Gasteiger partial charge in [-0.3, -0.25) is 9.59 Å². The van der Waals surface area contributed by atoms with Crippen LogP contribution in [-0.4, -0.2) is 24.0 Å². The van der Waals surface area contributed by atoms with Crippen molar-refractivity contribution in [3.05, 3.63) is 29.8 Å². The highest BCUT2D eigenvalue weighted by Crippen LogP contribution is 2.31. The van der Waals surface area contributed by atoms with Gasteiger partial charge >= 0.3 is 6.18 Å². The average molecular weight is 304 g/mol. The van der Waals surface area contributed by atoms with Crippen LogP contribution in [0, 0.1) is 0 Å². The molecule has 0 heterocycles. The molecule has 1 aromatic rings. The van der Waals surface area contributed by atoms with Crippen molar-refractivity contribution in [3.63, 3.8) is 0 Å². The van der Waals surface area contributed by atoms with Crippen LogP contribution in [0.15, 0.2) is 24.3 Å². The van der Waals surface area contributed by atoms with Gasteiger partial charge in [0.25, 0.3) is 5.91 Å². The largest absolute Gasteiger partial charge is 0.484 e. The Kier molecular flexibility index (Phi) is 4.82. The summed E-state index contributed by atoms with van der Waals surface area (Å²) < 4.78 is 42.4. The van der Waals surface area contributed by atoms with Crippen molar-refractivity contribution in [2.45, 2.75) is 25.6 Å². The summed E-state index contributed by atoms with van der Waals surface area (Å²) in [5.74, 6) is -1.51. The van der Waals surface area contributed by atoms with E-state index in [4.69, 9.17) is 10.5 Å². The average Bonchev–Trinajstić information content (AvgIpc) is 2.35. The van der Waals surface area contributed by atoms with Crippen molar-refractivity contribution in [3.8, 4) is 5.75 Å². The van der Waals surface area contributed by atoms with Crippen molar-refractivity contribution in [2.24, 2.45) is 5.73 Å². The fourth-order valence-electron chi connectivity index (χ4n) is 1.36. The number of benzene rings is 1. The third kappa shape index (κ3) is 4.97. The summed E-state index contributed by atoms with van der Waals surface area (Å²) >= 11 is 0. The first kappa shape index (κ1) is 16.8. The molecule has 0 spiro atoms. The number of carbonyl (C=O) groups excluding carboxylic acids is 2. The molecule has 8 heteroatoms. The minimum absolute atomic E-state index is 0.100. The predicted octanol–water partition coefficient (Wildman–Crippen LogP) is 1.46. The number of alkyl halides is 3. The molecule has 2 amide bonds. The van der Waals surface area contributed by atoms with Crippen LogP contribution in [0.1, 0.15) is 19.4 Å². The molecule has 0 bridgehead atoms. The van der Waals surface area contributed by atoms with Crippen LogP contribution in [0.3, 0.4) is 0 Å². The van der Waals surface area contributed by atoms with E-state index in [-0.39, 0.29) is 5.75 Å². The Bertz CT molecular complexity index is 542. The van der Waals surface area contributed by atoms with Crippen molar-refractivity contribution in [1.82, 2.24) is 5.32 Å². The number of halogens is 3. The minimum atomic E-state index is -4.49. The molecule has 0 aromatic heterocycles. The zero-order valence-corrected chi connectivity index (χ0v) is 11.5. The first-order valence-corrected chi connectivity index (χ1v) is 5.93. The molecule has 1 aromatic carbocycles. The summed E-state index contributed by atoms with van der Waals surface area (Å²) in [7, 11) is 0. The van der Waals surface area contributed by atoms with Gasteiger partial charge in [0.05, 0.1) is 5.56 Å². The first-order valence-electron chi connectivity index (χ1n) is 5.93. The van der Waals surface area contributed by atoms with Crippen LogP contribution in [0.5, 0.6) is 5.75 Å². The van der Waals surface area contributed by atoms with E-state index in [9.17, 15) is 22.8 Å². The summed E-state index contributed by atoms with van der Waals surface area (Å²) in [5.41, 5.74) is 2.93. The number of amides is 2. The number of hydrogen-bond acceptors (Lipinski definition) is 3. The van der Waals surface area contributed by atoms with E-state index in [0.717, 1.165) is 12.1 Å². The molecule has 1 rings (SSSR count). The van der Waals surface area contributed by atoms with Gasteiger partial charge in [0.1, 0.15) is 11.3 Å². The number of carbonyl (C=O) groups is 2. The van der Waals surface area contributed by atoms with E-state index in [0.29, 0.717) is 0 Å². The second-order valence-corrected chi connectivity index (χ2v) is 4.85. The van der Waals surface area contributed by atoms with Crippen molar-refractivity contribution >= 4 is 11.8 Å². The van der Waals surface area contributed by atoms with E-state index in [1.807, 2.05) is 0 Å². The molecule has 0 aliphatic rings. The van der Waals surface area contributed by atoms with Gasteiger partial charge < -0.3 is 15.8 Å². The zero-order valence-electron chi connectivity index (χ0n) is 11.5. The molecule has 5 nitrogen and oxygen atoms in total. The van der Waals surface area contributed by atoms with E-state index < -0.39 is 35.7 Å². The molecule has 0 unspecified atom stereocenters. The van der Waals surface area contributed by atoms with Gasteiger partial charge in [-0.05, 0) is 32.0 Å². The second kappa shape index (κ2) is 6.02. The maximum absolute atomic E-state index is 12.5. The summed E-state index contributed by atoms with van der Waals surface area (Å²) in [6.45, 7) is 2.27. The Balaban J connectivity index is 2.64. The number of nitrogens with two attached hydrogens (primary N) is 1. The quantitative estimate of drug-likeness (QED) is 0.864. The summed E-state index contributed by atoms with van der Waals surface area (Å²) in [6.07, 6.45) is -4.49. The Hall–Kier alpha value is -2.25. The van der Waals surface area contributed by atoms with E-state index in [1.54, 1.807) is 0 Å². The SMILES string of the molecule is CC(C)(NC(=O)COc1cccc(C(F)(F)F)c1)C(N)=O. The van der Waals surface area contributed by atoms with Crippen LogP contribution in [0.4, 0.5) is 13.2 Å². The summed E-state index contributed by atoms with van der Waals surface area (Å²) in [6, 6.07) is 4.14. The standard InChI is InChI=1S/C13H15F3N2O3/c1-12(2,11(17)20)18-10(19)7-21-9-5-3-4-8(6-9)13(14,15)16/h3-6H,7H2,1-2H3,(H2,17,20)(H,18,19). The minimum Gasteiger partial charge on any atom is -0.484 e. The van der Waals surface area contributed by atoms with Gasteiger partial charge in [-0.2, -0.15) is 13.2 Å². The zero-order chi connectivity index (χ0) is 16.3. The predicted molar refractivity (Wildman–Crippen MR) is 68.4 cm³/mol. The highest BCUT2D eigenvalue weighted by atomic mass is 19.4. The van der Waals surface area contributed by atoms with E-state index in [2.05, 4.69) is 5.32 Å². The van der Waals surface area contributed by atoms with Crippen molar-refractivity contribution < 1.29 is 27.5 Å². The summed E-state index contributed by atoms with van der Waals surface area (Å²) in [4.78, 5) is 22.6. The molecule has 21 heavy (non-hydrogen) atoms. The molecular formula is C13H15F3N2O3. The lowest BCUT2D eigenvalue weighted by atomic mass is 10.1. The van der Waals surface area contributed by atoms with Crippen LogP contribution < -0.4 is 15.8 Å². The molecule has 0 fully saturated rings. The van der Waals surface area contributed by atoms with Gasteiger partial charge in [-0.25, -0.2) is 0 Å². The van der Waals surface area contributed by atoms with E-state index >= 15 is 0 Å². The van der Waals surface area contributed by atoms with Gasteiger partial charge in [0.15, 0.2) is 6.61 Å². The molecule has 0 radical (unpaired) electrons. The van der Waals surface area contributed by atoms with Crippen molar-refractivity contribution in [1.29, 1.82) is 0 Å². The lowest BCUT2D eigenvalue weighted by molar-refractivity contribution is -0.137. The number of primary amides is 1. The lowest BCUT2D eigenvalue weighted by Crippen LogP contribution is -2.54. The summed E-state index contributed by atoms with van der Waals surface area (Å²) in [5, 5.41) is 2.31. The fraction of sp³-hybridized carbons (Fsp3) is 0.385. The fourth-order valence-corrected chi connectivity index (χ4v) is 1.36. The van der Waals surface area contributed by atoms with Gasteiger partial charge in [-0.1, -0.05) is 6.07 Å². The number of hydrogen-bond donors (Lipinski definition) is 2. The van der Waals surface area contributed by atoms with Gasteiger partial charge in [-0.15, -0.1) is 0 Å².